The minimum absolute atomic E-state index is 0.741. The minimum atomic E-state index is 0.741. The van der Waals surface area contributed by atoms with Crippen LogP contribution in [0.5, 0.6) is 0 Å². The van der Waals surface area contributed by atoms with E-state index in [0.29, 0.717) is 0 Å². The zero-order valence-corrected chi connectivity index (χ0v) is 6.25. The van der Waals surface area contributed by atoms with Gasteiger partial charge in [0.2, 0.25) is 0 Å². The van der Waals surface area contributed by atoms with Crippen molar-refractivity contribution in [2.75, 3.05) is 0 Å². The summed E-state index contributed by atoms with van der Waals surface area (Å²) in [7, 11) is 0. The summed E-state index contributed by atoms with van der Waals surface area (Å²) in [5.74, 6) is 0. The van der Waals surface area contributed by atoms with Crippen LogP contribution < -0.4 is 0 Å². The van der Waals surface area contributed by atoms with E-state index in [9.17, 15) is 0 Å². The summed E-state index contributed by atoms with van der Waals surface area (Å²) in [6.07, 6.45) is 9.82. The highest BCUT2D eigenvalue weighted by Gasteiger charge is 1.97. The van der Waals surface area contributed by atoms with E-state index in [4.69, 9.17) is 0 Å². The summed E-state index contributed by atoms with van der Waals surface area (Å²) in [5, 5.41) is 0. The van der Waals surface area contributed by atoms with Gasteiger partial charge in [0.05, 0.1) is 12.4 Å². The van der Waals surface area contributed by atoms with Crippen molar-refractivity contribution in [2.24, 2.45) is 0 Å². The molecule has 0 atom stereocenters. The van der Waals surface area contributed by atoms with Crippen molar-refractivity contribution >= 4 is 0 Å². The van der Waals surface area contributed by atoms with Crippen molar-refractivity contribution in [2.45, 2.75) is 0 Å². The summed E-state index contributed by atoms with van der Waals surface area (Å²) in [4.78, 5) is 16.0. The van der Waals surface area contributed by atoms with Gasteiger partial charge in [-0.2, -0.15) is 0 Å². The van der Waals surface area contributed by atoms with Crippen molar-refractivity contribution in [1.82, 2.24) is 19.9 Å². The van der Waals surface area contributed by atoms with Crippen molar-refractivity contribution in [1.29, 1.82) is 0 Å². The molecular formula is C8H6N4. The van der Waals surface area contributed by atoms with Crippen LogP contribution >= 0.6 is 0 Å². The van der Waals surface area contributed by atoms with Crippen molar-refractivity contribution in [3.8, 4) is 11.4 Å². The lowest BCUT2D eigenvalue weighted by molar-refractivity contribution is 1.14. The molecule has 0 aliphatic carbocycles. The Morgan fingerprint density at radius 1 is 0.667 bits per heavy atom. The lowest BCUT2D eigenvalue weighted by Gasteiger charge is -1.95. The first-order valence-corrected chi connectivity index (χ1v) is 3.49. The van der Waals surface area contributed by atoms with Gasteiger partial charge in [0.25, 0.3) is 0 Å². The molecule has 12 heavy (non-hydrogen) atoms. The quantitative estimate of drug-likeness (QED) is 0.619. The standard InChI is InChI=1S/C8H6N4/c1-3-11-7(5-9-1)8-6-10-2-4-12-8/h1-6H. The molecule has 0 aliphatic rings. The zero-order chi connectivity index (χ0) is 8.23. The molecule has 0 fully saturated rings. The van der Waals surface area contributed by atoms with Crippen molar-refractivity contribution < 1.29 is 0 Å². The average molecular weight is 158 g/mol. The second-order valence-electron chi connectivity index (χ2n) is 2.18. The van der Waals surface area contributed by atoms with E-state index < -0.39 is 0 Å². The topological polar surface area (TPSA) is 51.6 Å². The van der Waals surface area contributed by atoms with Gasteiger partial charge in [0.15, 0.2) is 0 Å². The highest BCUT2D eigenvalue weighted by molar-refractivity contribution is 5.49. The summed E-state index contributed by atoms with van der Waals surface area (Å²) in [6.45, 7) is 0. The third-order valence-corrected chi connectivity index (χ3v) is 1.39. The molecule has 0 unspecified atom stereocenters. The Labute approximate surface area is 69.4 Å². The van der Waals surface area contributed by atoms with E-state index in [1.54, 1.807) is 37.2 Å². The Hall–Kier alpha value is -1.84. The number of nitrogens with zero attached hydrogens (tertiary/aromatic N) is 4. The van der Waals surface area contributed by atoms with E-state index in [-0.39, 0.29) is 0 Å². The molecule has 0 saturated carbocycles. The Bertz CT molecular complexity index is 308. The summed E-state index contributed by atoms with van der Waals surface area (Å²) >= 11 is 0. The molecule has 0 amide bonds. The molecule has 0 aromatic carbocycles. The highest BCUT2D eigenvalue weighted by Crippen LogP contribution is 2.08. The summed E-state index contributed by atoms with van der Waals surface area (Å²) in [5.41, 5.74) is 1.48. The van der Waals surface area contributed by atoms with Gasteiger partial charge < -0.3 is 0 Å². The molecule has 2 rings (SSSR count). The third kappa shape index (κ3) is 1.27. The monoisotopic (exact) mass is 158 g/mol. The fourth-order valence-corrected chi connectivity index (χ4v) is 0.863. The smallest absolute Gasteiger partial charge is 0.108 e. The Morgan fingerprint density at radius 3 is 1.50 bits per heavy atom. The maximum absolute atomic E-state index is 4.08. The van der Waals surface area contributed by atoms with E-state index >= 15 is 0 Å². The number of hydrogen-bond acceptors (Lipinski definition) is 4. The minimum Gasteiger partial charge on any atom is -0.261 e. The first-order chi connectivity index (χ1) is 5.97. The maximum atomic E-state index is 4.08. The molecule has 2 aromatic rings. The van der Waals surface area contributed by atoms with Gasteiger partial charge in [-0.15, -0.1) is 0 Å². The van der Waals surface area contributed by atoms with Crippen LogP contribution in [0.4, 0.5) is 0 Å². The molecule has 0 radical (unpaired) electrons. The van der Waals surface area contributed by atoms with Crippen LogP contribution in [0.15, 0.2) is 37.2 Å². The lowest BCUT2D eigenvalue weighted by atomic mass is 10.3. The molecular weight excluding hydrogens is 152 g/mol. The molecule has 2 aromatic heterocycles. The zero-order valence-electron chi connectivity index (χ0n) is 6.25. The van der Waals surface area contributed by atoms with Crippen LogP contribution in [0.2, 0.25) is 0 Å². The van der Waals surface area contributed by atoms with Crippen molar-refractivity contribution in [3.05, 3.63) is 37.2 Å². The number of hydrogen-bond donors (Lipinski definition) is 0. The summed E-state index contributed by atoms with van der Waals surface area (Å²) < 4.78 is 0. The molecule has 2 heterocycles. The third-order valence-electron chi connectivity index (χ3n) is 1.39. The van der Waals surface area contributed by atoms with Crippen LogP contribution in [0.3, 0.4) is 0 Å². The Balaban J connectivity index is 2.46. The molecule has 0 saturated heterocycles. The van der Waals surface area contributed by atoms with Crippen LogP contribution in [0, 0.1) is 0 Å². The van der Waals surface area contributed by atoms with Crippen LogP contribution in [0.1, 0.15) is 0 Å². The largest absolute Gasteiger partial charge is 0.261 e. The number of aromatic nitrogens is 4. The predicted octanol–water partition coefficient (Wildman–Crippen LogP) is 0.934. The van der Waals surface area contributed by atoms with Gasteiger partial charge in [-0.25, -0.2) is 0 Å². The molecule has 58 valence electrons. The van der Waals surface area contributed by atoms with Gasteiger partial charge in [-0.3, -0.25) is 19.9 Å². The van der Waals surface area contributed by atoms with E-state index in [1.807, 2.05) is 0 Å². The molecule has 4 nitrogen and oxygen atoms in total. The molecule has 0 bridgehead atoms. The lowest BCUT2D eigenvalue weighted by Crippen LogP contribution is -1.87. The molecule has 0 spiro atoms. The van der Waals surface area contributed by atoms with Crippen LogP contribution in [-0.2, 0) is 0 Å². The SMILES string of the molecule is c1cnc(-c2cnccn2)cn1. The predicted molar refractivity (Wildman–Crippen MR) is 43.1 cm³/mol. The van der Waals surface area contributed by atoms with E-state index in [0.717, 1.165) is 11.4 Å². The van der Waals surface area contributed by atoms with Gasteiger partial charge in [-0.05, 0) is 0 Å². The van der Waals surface area contributed by atoms with Crippen LogP contribution in [0.25, 0.3) is 11.4 Å². The van der Waals surface area contributed by atoms with Gasteiger partial charge in [0.1, 0.15) is 11.4 Å². The molecule has 0 N–H and O–H groups in total. The second kappa shape index (κ2) is 3.04. The fourth-order valence-electron chi connectivity index (χ4n) is 0.863. The van der Waals surface area contributed by atoms with E-state index in [1.165, 1.54) is 0 Å². The van der Waals surface area contributed by atoms with Crippen molar-refractivity contribution in [3.63, 3.8) is 0 Å². The van der Waals surface area contributed by atoms with Gasteiger partial charge in [-0.1, -0.05) is 0 Å². The first-order valence-electron chi connectivity index (χ1n) is 3.49. The Kier molecular flexibility index (Phi) is 1.74. The fraction of sp³-hybridized carbons (Fsp3) is 0. The van der Waals surface area contributed by atoms with E-state index in [2.05, 4.69) is 19.9 Å². The Morgan fingerprint density at radius 2 is 1.17 bits per heavy atom. The van der Waals surface area contributed by atoms with Crippen LogP contribution in [-0.4, -0.2) is 19.9 Å². The molecule has 0 aliphatic heterocycles. The summed E-state index contributed by atoms with van der Waals surface area (Å²) in [6, 6.07) is 0. The van der Waals surface area contributed by atoms with Gasteiger partial charge in [0, 0.05) is 24.8 Å². The number of rotatable bonds is 1. The second-order valence-corrected chi connectivity index (χ2v) is 2.18. The normalized spacial score (nSPS) is 9.67. The highest BCUT2D eigenvalue weighted by atomic mass is 14.8. The maximum Gasteiger partial charge on any atom is 0.108 e. The average Bonchev–Trinajstić information content (AvgIpc) is 2.21. The van der Waals surface area contributed by atoms with Gasteiger partial charge >= 0.3 is 0 Å². The molecule has 4 heteroatoms. The first kappa shape index (κ1) is 6.84.